The maximum atomic E-state index is 13.3. The van der Waals surface area contributed by atoms with Crippen LogP contribution < -0.4 is 10.1 Å². The summed E-state index contributed by atoms with van der Waals surface area (Å²) < 4.78 is 18.9. The Labute approximate surface area is 163 Å². The second-order valence-corrected chi connectivity index (χ2v) is 7.15. The quantitative estimate of drug-likeness (QED) is 0.761. The number of anilines is 1. The number of halogens is 1. The Kier molecular flexibility index (Phi) is 5.49. The van der Waals surface area contributed by atoms with Crippen LogP contribution in [0.3, 0.4) is 0 Å². The van der Waals surface area contributed by atoms with Crippen LogP contribution >= 0.6 is 0 Å². The Hall–Kier alpha value is -3.15. The van der Waals surface area contributed by atoms with E-state index in [2.05, 4.69) is 5.32 Å². The number of nitrogens with one attached hydrogen (secondary N) is 1. The second-order valence-electron chi connectivity index (χ2n) is 7.15. The number of amides is 2. The molecule has 146 valence electrons. The van der Waals surface area contributed by atoms with Gasteiger partial charge in [0.15, 0.2) is 0 Å². The van der Waals surface area contributed by atoms with Gasteiger partial charge in [0.25, 0.3) is 11.8 Å². The summed E-state index contributed by atoms with van der Waals surface area (Å²) in [6.07, 6.45) is 0.0558. The smallest absolute Gasteiger partial charge is 0.278 e. The molecule has 0 saturated carbocycles. The Morgan fingerprint density at radius 1 is 0.893 bits per heavy atom. The Bertz CT molecular complexity index is 916. The fourth-order valence-electron chi connectivity index (χ4n) is 3.05. The maximum absolute atomic E-state index is 13.3. The standard InChI is InChI=1S/C22H23FN2O3/c1-13(2)25-21(26)19(15-5-7-16(23)8-6-15)20(22(25)27)24-17-9-11-18(12-10-17)28-14(3)4/h5-14,24H,1-4H3. The zero-order chi connectivity index (χ0) is 20.4. The molecule has 1 heterocycles. The van der Waals surface area contributed by atoms with Crippen molar-refractivity contribution in [3.63, 3.8) is 0 Å². The summed E-state index contributed by atoms with van der Waals surface area (Å²) in [6, 6.07) is 12.4. The van der Waals surface area contributed by atoms with Crippen LogP contribution in [0.2, 0.25) is 0 Å². The molecule has 2 amide bonds. The van der Waals surface area contributed by atoms with E-state index in [1.807, 2.05) is 13.8 Å². The number of carbonyl (C=O) groups excluding carboxylic acids is 2. The highest BCUT2D eigenvalue weighted by atomic mass is 19.1. The molecule has 2 aromatic rings. The fraction of sp³-hybridized carbons (Fsp3) is 0.273. The minimum absolute atomic E-state index is 0.0558. The molecule has 5 nitrogen and oxygen atoms in total. The Morgan fingerprint density at radius 2 is 1.50 bits per heavy atom. The normalized spacial score (nSPS) is 14.5. The van der Waals surface area contributed by atoms with E-state index in [9.17, 15) is 14.0 Å². The van der Waals surface area contributed by atoms with Gasteiger partial charge in [-0.1, -0.05) is 12.1 Å². The average Bonchev–Trinajstić information content (AvgIpc) is 2.87. The van der Waals surface area contributed by atoms with Crippen molar-refractivity contribution < 1.29 is 18.7 Å². The van der Waals surface area contributed by atoms with Gasteiger partial charge in [0.1, 0.15) is 17.3 Å². The molecule has 0 fully saturated rings. The van der Waals surface area contributed by atoms with Crippen LogP contribution in [0.1, 0.15) is 33.3 Å². The van der Waals surface area contributed by atoms with E-state index in [-0.39, 0.29) is 23.4 Å². The van der Waals surface area contributed by atoms with Gasteiger partial charge in [-0.3, -0.25) is 14.5 Å². The van der Waals surface area contributed by atoms with Gasteiger partial charge in [-0.15, -0.1) is 0 Å². The number of hydrogen-bond donors (Lipinski definition) is 1. The van der Waals surface area contributed by atoms with E-state index in [1.165, 1.54) is 29.2 Å². The van der Waals surface area contributed by atoms with Crippen LogP contribution in [0.15, 0.2) is 54.2 Å². The van der Waals surface area contributed by atoms with Gasteiger partial charge in [0.2, 0.25) is 0 Å². The van der Waals surface area contributed by atoms with Crippen molar-refractivity contribution in [2.24, 2.45) is 0 Å². The highest BCUT2D eigenvalue weighted by Crippen LogP contribution is 2.32. The van der Waals surface area contributed by atoms with Crippen molar-refractivity contribution in [1.29, 1.82) is 0 Å². The van der Waals surface area contributed by atoms with Crippen LogP contribution in [0, 0.1) is 5.82 Å². The minimum Gasteiger partial charge on any atom is -0.491 e. The van der Waals surface area contributed by atoms with E-state index in [4.69, 9.17) is 4.74 Å². The lowest BCUT2D eigenvalue weighted by Crippen LogP contribution is -2.38. The van der Waals surface area contributed by atoms with Crippen LogP contribution in [-0.2, 0) is 9.59 Å². The van der Waals surface area contributed by atoms with Gasteiger partial charge in [0.05, 0.1) is 11.7 Å². The first-order chi connectivity index (χ1) is 13.3. The van der Waals surface area contributed by atoms with Crippen molar-refractivity contribution in [2.75, 3.05) is 5.32 Å². The molecule has 1 aliphatic heterocycles. The lowest BCUT2D eigenvalue weighted by molar-refractivity contribution is -0.138. The second kappa shape index (κ2) is 7.84. The molecule has 6 heteroatoms. The largest absolute Gasteiger partial charge is 0.491 e. The fourth-order valence-corrected chi connectivity index (χ4v) is 3.05. The number of imide groups is 1. The first kappa shape index (κ1) is 19.6. The van der Waals surface area contributed by atoms with Gasteiger partial charge >= 0.3 is 0 Å². The Morgan fingerprint density at radius 3 is 2.04 bits per heavy atom. The summed E-state index contributed by atoms with van der Waals surface area (Å²) in [7, 11) is 0. The summed E-state index contributed by atoms with van der Waals surface area (Å²) in [5.41, 5.74) is 1.56. The molecule has 1 N–H and O–H groups in total. The maximum Gasteiger partial charge on any atom is 0.278 e. The predicted octanol–water partition coefficient (Wildman–Crippen LogP) is 4.21. The van der Waals surface area contributed by atoms with E-state index < -0.39 is 17.6 Å². The number of benzene rings is 2. The van der Waals surface area contributed by atoms with Crippen molar-refractivity contribution in [3.8, 4) is 5.75 Å². The molecule has 0 aliphatic carbocycles. The highest BCUT2D eigenvalue weighted by molar-refractivity contribution is 6.36. The van der Waals surface area contributed by atoms with Crippen molar-refractivity contribution >= 4 is 23.1 Å². The molecule has 0 aromatic heterocycles. The molecule has 0 radical (unpaired) electrons. The monoisotopic (exact) mass is 382 g/mol. The van der Waals surface area contributed by atoms with Gasteiger partial charge in [0, 0.05) is 11.7 Å². The lowest BCUT2D eigenvalue weighted by Gasteiger charge is -2.19. The molecule has 0 bridgehead atoms. The molecule has 0 spiro atoms. The summed E-state index contributed by atoms with van der Waals surface area (Å²) in [4.78, 5) is 27.0. The molecule has 0 atom stereocenters. The summed E-state index contributed by atoms with van der Waals surface area (Å²) in [5, 5.41) is 3.07. The summed E-state index contributed by atoms with van der Waals surface area (Å²) >= 11 is 0. The molecule has 3 rings (SSSR count). The van der Waals surface area contributed by atoms with Crippen LogP contribution in [0.25, 0.3) is 5.57 Å². The molecular weight excluding hydrogens is 359 g/mol. The molecule has 0 unspecified atom stereocenters. The average molecular weight is 382 g/mol. The molecule has 2 aromatic carbocycles. The predicted molar refractivity (Wildman–Crippen MR) is 106 cm³/mol. The van der Waals surface area contributed by atoms with Crippen LogP contribution in [-0.4, -0.2) is 28.9 Å². The van der Waals surface area contributed by atoms with E-state index in [0.29, 0.717) is 17.0 Å². The zero-order valence-electron chi connectivity index (χ0n) is 16.3. The van der Waals surface area contributed by atoms with Crippen molar-refractivity contribution in [3.05, 3.63) is 65.6 Å². The number of carbonyl (C=O) groups is 2. The number of hydrogen-bond acceptors (Lipinski definition) is 4. The Balaban J connectivity index is 1.98. The molecular formula is C22H23FN2O3. The van der Waals surface area contributed by atoms with Crippen molar-refractivity contribution in [1.82, 2.24) is 4.90 Å². The van der Waals surface area contributed by atoms with E-state index in [0.717, 1.165) is 0 Å². The van der Waals surface area contributed by atoms with Gasteiger partial charge in [-0.05, 0) is 69.7 Å². The number of nitrogens with zero attached hydrogens (tertiary/aromatic N) is 1. The van der Waals surface area contributed by atoms with Gasteiger partial charge in [-0.2, -0.15) is 0 Å². The summed E-state index contributed by atoms with van der Waals surface area (Å²) in [6.45, 7) is 7.43. The SMILES string of the molecule is CC(C)Oc1ccc(NC2=C(c3ccc(F)cc3)C(=O)N(C(C)C)C2=O)cc1. The number of rotatable bonds is 6. The van der Waals surface area contributed by atoms with Gasteiger partial charge < -0.3 is 10.1 Å². The number of ether oxygens (including phenoxy) is 1. The van der Waals surface area contributed by atoms with Gasteiger partial charge in [-0.25, -0.2) is 4.39 Å². The lowest BCUT2D eigenvalue weighted by atomic mass is 10.0. The van der Waals surface area contributed by atoms with Crippen LogP contribution in [0.5, 0.6) is 5.75 Å². The molecule has 0 saturated heterocycles. The first-order valence-electron chi connectivity index (χ1n) is 9.19. The summed E-state index contributed by atoms with van der Waals surface area (Å²) in [5.74, 6) is -0.487. The van der Waals surface area contributed by atoms with E-state index in [1.54, 1.807) is 38.1 Å². The third kappa shape index (κ3) is 3.91. The third-order valence-corrected chi connectivity index (χ3v) is 4.26. The zero-order valence-corrected chi connectivity index (χ0v) is 16.3. The van der Waals surface area contributed by atoms with Crippen LogP contribution in [0.4, 0.5) is 10.1 Å². The molecule has 28 heavy (non-hydrogen) atoms. The van der Waals surface area contributed by atoms with Crippen molar-refractivity contribution in [2.45, 2.75) is 39.8 Å². The highest BCUT2D eigenvalue weighted by Gasteiger charge is 2.40. The minimum atomic E-state index is -0.405. The first-order valence-corrected chi connectivity index (χ1v) is 9.19. The topological polar surface area (TPSA) is 58.6 Å². The molecule has 1 aliphatic rings. The van der Waals surface area contributed by atoms with E-state index >= 15 is 0 Å². The third-order valence-electron chi connectivity index (χ3n) is 4.26.